The summed E-state index contributed by atoms with van der Waals surface area (Å²) in [6.07, 6.45) is 0.714. The highest BCUT2D eigenvalue weighted by Gasteiger charge is 2.06. The number of hydrogen-bond acceptors (Lipinski definition) is 1. The van der Waals surface area contributed by atoms with E-state index in [9.17, 15) is 9.18 Å². The second-order valence-electron chi connectivity index (χ2n) is 4.15. The molecule has 92 valence electrons. The van der Waals surface area contributed by atoms with Crippen molar-refractivity contribution in [2.75, 3.05) is 0 Å². The minimum atomic E-state index is -0.373. The zero-order chi connectivity index (χ0) is 13.0. The van der Waals surface area contributed by atoms with Crippen molar-refractivity contribution in [1.29, 1.82) is 0 Å². The smallest absolute Gasteiger partial charge is 0.217 e. The van der Waals surface area contributed by atoms with Gasteiger partial charge in [0.05, 0.1) is 0 Å². The first kappa shape index (κ1) is 12.3. The first-order chi connectivity index (χ1) is 8.66. The number of carbonyl (C=O) groups excluding carboxylic acids is 1. The molecule has 0 spiro atoms. The van der Waals surface area contributed by atoms with Gasteiger partial charge >= 0.3 is 0 Å². The molecular weight excluding hydrogens is 229 g/mol. The van der Waals surface area contributed by atoms with E-state index in [0.29, 0.717) is 12.0 Å². The van der Waals surface area contributed by atoms with E-state index in [1.807, 2.05) is 36.4 Å². The first-order valence-electron chi connectivity index (χ1n) is 5.79. The van der Waals surface area contributed by atoms with Crippen LogP contribution in [-0.4, -0.2) is 5.91 Å². The van der Waals surface area contributed by atoms with Crippen LogP contribution in [0.4, 0.5) is 4.39 Å². The lowest BCUT2D eigenvalue weighted by Crippen LogP contribution is -2.11. The molecule has 0 fully saturated rings. The molecular formula is C15H14FNO. The van der Waals surface area contributed by atoms with Gasteiger partial charge in [0, 0.05) is 12.0 Å². The van der Waals surface area contributed by atoms with Crippen molar-refractivity contribution in [3.05, 3.63) is 59.9 Å². The topological polar surface area (TPSA) is 43.1 Å². The Bertz CT molecular complexity index is 552. The minimum Gasteiger partial charge on any atom is -0.370 e. The fourth-order valence-corrected chi connectivity index (χ4v) is 1.83. The molecule has 0 bridgehead atoms. The van der Waals surface area contributed by atoms with Crippen LogP contribution in [0.5, 0.6) is 0 Å². The van der Waals surface area contributed by atoms with Crippen molar-refractivity contribution in [1.82, 2.24) is 0 Å². The first-order valence-corrected chi connectivity index (χ1v) is 5.79. The maximum atomic E-state index is 13.9. The van der Waals surface area contributed by atoms with E-state index in [2.05, 4.69) is 0 Å². The van der Waals surface area contributed by atoms with Gasteiger partial charge in [0.15, 0.2) is 0 Å². The maximum absolute atomic E-state index is 13.9. The van der Waals surface area contributed by atoms with E-state index >= 15 is 0 Å². The van der Waals surface area contributed by atoms with E-state index in [1.165, 1.54) is 6.07 Å². The van der Waals surface area contributed by atoms with Gasteiger partial charge in [0.25, 0.3) is 0 Å². The third-order valence-corrected chi connectivity index (χ3v) is 2.78. The highest BCUT2D eigenvalue weighted by atomic mass is 19.1. The summed E-state index contributed by atoms with van der Waals surface area (Å²) in [5.41, 5.74) is 7.26. The van der Waals surface area contributed by atoms with Crippen LogP contribution < -0.4 is 5.73 Å². The molecule has 0 atom stereocenters. The predicted octanol–water partition coefficient (Wildman–Crippen LogP) is 2.91. The number of benzene rings is 2. The molecule has 2 nitrogen and oxygen atoms in total. The zero-order valence-electron chi connectivity index (χ0n) is 9.90. The third-order valence-electron chi connectivity index (χ3n) is 2.78. The standard InChI is InChI=1S/C15H14FNO/c16-14-10-11(7-9-15(17)18)6-8-13(14)12-4-2-1-3-5-12/h1-6,8,10H,7,9H2,(H2,17,18). The molecule has 0 saturated heterocycles. The largest absolute Gasteiger partial charge is 0.370 e. The average molecular weight is 243 g/mol. The van der Waals surface area contributed by atoms with Crippen LogP contribution in [-0.2, 0) is 11.2 Å². The highest BCUT2D eigenvalue weighted by molar-refractivity contribution is 5.74. The van der Waals surface area contributed by atoms with Gasteiger partial charge in [0.1, 0.15) is 5.82 Å². The Labute approximate surface area is 105 Å². The fourth-order valence-electron chi connectivity index (χ4n) is 1.83. The van der Waals surface area contributed by atoms with Gasteiger partial charge in [-0.05, 0) is 23.6 Å². The van der Waals surface area contributed by atoms with Crippen molar-refractivity contribution in [3.8, 4) is 11.1 Å². The summed E-state index contributed by atoms with van der Waals surface area (Å²) >= 11 is 0. The van der Waals surface area contributed by atoms with Gasteiger partial charge in [0.2, 0.25) is 5.91 Å². The number of carbonyl (C=O) groups is 1. The predicted molar refractivity (Wildman–Crippen MR) is 69.4 cm³/mol. The SMILES string of the molecule is NC(=O)CCc1ccc(-c2ccccc2)c(F)c1. The van der Waals surface area contributed by atoms with Crippen LogP contribution in [0.15, 0.2) is 48.5 Å². The van der Waals surface area contributed by atoms with Gasteiger partial charge in [-0.3, -0.25) is 4.79 Å². The summed E-state index contributed by atoms with van der Waals surface area (Å²) in [5.74, 6) is -0.647. The number of aryl methyl sites for hydroxylation is 1. The van der Waals surface area contributed by atoms with E-state index in [1.54, 1.807) is 6.07 Å². The second kappa shape index (κ2) is 5.45. The van der Waals surface area contributed by atoms with Gasteiger partial charge in [-0.25, -0.2) is 4.39 Å². The molecule has 0 aliphatic rings. The van der Waals surface area contributed by atoms with Crippen molar-refractivity contribution >= 4 is 5.91 Å². The molecule has 3 heteroatoms. The Morgan fingerprint density at radius 1 is 1.11 bits per heavy atom. The van der Waals surface area contributed by atoms with Gasteiger partial charge in [-0.2, -0.15) is 0 Å². The number of rotatable bonds is 4. The molecule has 0 aliphatic heterocycles. The number of hydrogen-bond donors (Lipinski definition) is 1. The molecule has 2 aromatic rings. The lowest BCUT2D eigenvalue weighted by molar-refractivity contribution is -0.117. The molecule has 0 radical (unpaired) electrons. The molecule has 0 unspecified atom stereocenters. The quantitative estimate of drug-likeness (QED) is 0.881. The van der Waals surface area contributed by atoms with Crippen molar-refractivity contribution in [2.24, 2.45) is 5.73 Å². The van der Waals surface area contributed by atoms with Crippen LogP contribution in [0.3, 0.4) is 0 Å². The molecule has 0 heterocycles. The van der Waals surface area contributed by atoms with Crippen molar-refractivity contribution in [3.63, 3.8) is 0 Å². The molecule has 2 N–H and O–H groups in total. The molecule has 0 saturated carbocycles. The van der Waals surface area contributed by atoms with Crippen LogP contribution in [0.1, 0.15) is 12.0 Å². The Balaban J connectivity index is 2.23. The van der Waals surface area contributed by atoms with Crippen LogP contribution in [0, 0.1) is 5.82 Å². The Morgan fingerprint density at radius 2 is 1.83 bits per heavy atom. The Hall–Kier alpha value is -2.16. The van der Waals surface area contributed by atoms with Gasteiger partial charge in [-0.15, -0.1) is 0 Å². The second-order valence-corrected chi connectivity index (χ2v) is 4.15. The molecule has 2 aromatic carbocycles. The van der Waals surface area contributed by atoms with Crippen molar-refractivity contribution < 1.29 is 9.18 Å². The number of halogens is 1. The molecule has 0 aromatic heterocycles. The zero-order valence-corrected chi connectivity index (χ0v) is 9.90. The molecule has 1 amide bonds. The van der Waals surface area contributed by atoms with Crippen LogP contribution >= 0.6 is 0 Å². The van der Waals surface area contributed by atoms with E-state index in [4.69, 9.17) is 5.73 Å². The monoisotopic (exact) mass is 243 g/mol. The van der Waals surface area contributed by atoms with E-state index in [-0.39, 0.29) is 18.1 Å². The summed E-state index contributed by atoms with van der Waals surface area (Å²) in [4.78, 5) is 10.7. The van der Waals surface area contributed by atoms with Gasteiger partial charge < -0.3 is 5.73 Å². The average Bonchev–Trinajstić information content (AvgIpc) is 2.37. The van der Waals surface area contributed by atoms with E-state index < -0.39 is 0 Å². The van der Waals surface area contributed by atoms with Gasteiger partial charge in [-0.1, -0.05) is 42.5 Å². The summed E-state index contributed by atoms with van der Waals surface area (Å²) < 4.78 is 13.9. The minimum absolute atomic E-state index is 0.240. The number of primary amides is 1. The molecule has 2 rings (SSSR count). The summed E-state index contributed by atoms with van der Waals surface area (Å²) in [5, 5.41) is 0. The van der Waals surface area contributed by atoms with Crippen LogP contribution in [0.2, 0.25) is 0 Å². The van der Waals surface area contributed by atoms with E-state index in [0.717, 1.165) is 11.1 Å². The third kappa shape index (κ3) is 2.94. The Morgan fingerprint density at radius 3 is 2.44 bits per heavy atom. The number of amides is 1. The van der Waals surface area contributed by atoms with Crippen LogP contribution in [0.25, 0.3) is 11.1 Å². The number of nitrogens with two attached hydrogens (primary N) is 1. The highest BCUT2D eigenvalue weighted by Crippen LogP contribution is 2.23. The molecule has 0 aliphatic carbocycles. The maximum Gasteiger partial charge on any atom is 0.217 e. The van der Waals surface area contributed by atoms with Crippen molar-refractivity contribution in [2.45, 2.75) is 12.8 Å². The summed E-state index contributed by atoms with van der Waals surface area (Å²) in [6.45, 7) is 0. The Kier molecular flexibility index (Phi) is 3.72. The fraction of sp³-hybridized carbons (Fsp3) is 0.133. The lowest BCUT2D eigenvalue weighted by Gasteiger charge is -2.06. The lowest BCUT2D eigenvalue weighted by atomic mass is 10.0. The normalized spacial score (nSPS) is 10.3. The summed E-state index contributed by atoms with van der Waals surface area (Å²) in [7, 11) is 0. The summed E-state index contributed by atoms with van der Waals surface area (Å²) in [6, 6.07) is 14.4. The molecule has 18 heavy (non-hydrogen) atoms.